The molecule has 1 aliphatic heterocycles. The normalized spacial score (nSPS) is 27.0. The van der Waals surface area contributed by atoms with Gasteiger partial charge in [0.15, 0.2) is 0 Å². The molecule has 0 amide bonds. The van der Waals surface area contributed by atoms with Crippen LogP contribution in [0.5, 0.6) is 11.5 Å². The highest BCUT2D eigenvalue weighted by molar-refractivity contribution is 6.31. The minimum absolute atomic E-state index is 0.240. The molecule has 9 heteroatoms. The van der Waals surface area contributed by atoms with Crippen molar-refractivity contribution in [1.82, 2.24) is 0 Å². The number of aliphatic hydroxyl groups excluding tert-OH is 5. The highest BCUT2D eigenvalue weighted by Gasteiger charge is 2.46. The maximum absolute atomic E-state index is 10.4. The molecule has 1 fully saturated rings. The van der Waals surface area contributed by atoms with Crippen molar-refractivity contribution < 1.29 is 39.7 Å². The standard InChI is InChI=1S/C22H27ClO8/c1-11(25)21-19(27)18(26)20(28)22(31-21)30-17-9-13(10-24)8-16(23)15(17)7-12-3-5-14(29-2)6-4-12/h3-6,8-9,11,18-22,24-28H,7,10H2,1-2H3/t11-,18-,19-,20+,21+,22+/m0/s1. The summed E-state index contributed by atoms with van der Waals surface area (Å²) in [4.78, 5) is 0. The molecular weight excluding hydrogens is 428 g/mol. The van der Waals surface area contributed by atoms with Gasteiger partial charge in [-0.3, -0.25) is 0 Å². The summed E-state index contributed by atoms with van der Waals surface area (Å²) < 4.78 is 16.6. The van der Waals surface area contributed by atoms with Gasteiger partial charge in [-0.1, -0.05) is 23.7 Å². The quantitative estimate of drug-likeness (QED) is 0.419. The molecule has 0 unspecified atom stereocenters. The fourth-order valence-corrected chi connectivity index (χ4v) is 3.78. The van der Waals surface area contributed by atoms with Gasteiger partial charge in [0.2, 0.25) is 6.29 Å². The van der Waals surface area contributed by atoms with Crippen molar-refractivity contribution in [2.45, 2.75) is 56.8 Å². The summed E-state index contributed by atoms with van der Waals surface area (Å²) in [6, 6.07) is 10.5. The summed E-state index contributed by atoms with van der Waals surface area (Å²) in [5.74, 6) is 0.946. The lowest BCUT2D eigenvalue weighted by atomic mass is 9.96. The fourth-order valence-electron chi connectivity index (χ4n) is 3.48. The van der Waals surface area contributed by atoms with E-state index in [-0.39, 0.29) is 12.4 Å². The molecule has 0 aromatic heterocycles. The van der Waals surface area contributed by atoms with E-state index < -0.39 is 36.8 Å². The van der Waals surface area contributed by atoms with Crippen molar-refractivity contribution in [3.8, 4) is 11.5 Å². The van der Waals surface area contributed by atoms with Gasteiger partial charge in [0.25, 0.3) is 0 Å². The van der Waals surface area contributed by atoms with Gasteiger partial charge in [-0.15, -0.1) is 0 Å². The Morgan fingerprint density at radius 1 is 1.03 bits per heavy atom. The van der Waals surface area contributed by atoms with Gasteiger partial charge in [-0.05, 0) is 42.3 Å². The summed E-state index contributed by atoms with van der Waals surface area (Å²) in [5.41, 5.74) is 1.97. The summed E-state index contributed by atoms with van der Waals surface area (Å²) >= 11 is 6.46. The van der Waals surface area contributed by atoms with E-state index in [1.54, 1.807) is 19.2 Å². The predicted molar refractivity (Wildman–Crippen MR) is 112 cm³/mol. The summed E-state index contributed by atoms with van der Waals surface area (Å²) in [7, 11) is 1.58. The van der Waals surface area contributed by atoms with Crippen LogP contribution < -0.4 is 9.47 Å². The molecule has 0 radical (unpaired) electrons. The first-order valence-electron chi connectivity index (χ1n) is 9.84. The van der Waals surface area contributed by atoms with Gasteiger partial charge in [0.05, 0.1) is 19.8 Å². The molecule has 1 aliphatic rings. The molecule has 3 rings (SSSR count). The smallest absolute Gasteiger partial charge is 0.229 e. The number of halogens is 1. The van der Waals surface area contributed by atoms with Gasteiger partial charge >= 0.3 is 0 Å². The van der Waals surface area contributed by atoms with Crippen molar-refractivity contribution in [3.63, 3.8) is 0 Å². The van der Waals surface area contributed by atoms with Crippen LogP contribution in [0.1, 0.15) is 23.6 Å². The average molecular weight is 455 g/mol. The summed E-state index contributed by atoms with van der Waals surface area (Å²) in [6.07, 6.45) is -7.93. The van der Waals surface area contributed by atoms with Crippen molar-refractivity contribution in [2.75, 3.05) is 7.11 Å². The molecule has 0 saturated carbocycles. The maximum Gasteiger partial charge on any atom is 0.229 e. The van der Waals surface area contributed by atoms with Gasteiger partial charge in [0, 0.05) is 17.0 Å². The zero-order valence-corrected chi connectivity index (χ0v) is 17.9. The lowest BCUT2D eigenvalue weighted by Gasteiger charge is -2.41. The Kier molecular flexibility index (Phi) is 7.77. The third kappa shape index (κ3) is 5.30. The zero-order valence-electron chi connectivity index (χ0n) is 17.2. The molecule has 0 bridgehead atoms. The lowest BCUT2D eigenvalue weighted by molar-refractivity contribution is -0.286. The minimum atomic E-state index is -1.58. The van der Waals surface area contributed by atoms with Gasteiger partial charge < -0.3 is 39.7 Å². The molecular formula is C22H27ClO8. The first-order valence-corrected chi connectivity index (χ1v) is 10.2. The molecule has 1 heterocycles. The topological polar surface area (TPSA) is 129 Å². The molecule has 2 aromatic carbocycles. The van der Waals surface area contributed by atoms with E-state index in [1.165, 1.54) is 6.92 Å². The third-order valence-corrected chi connectivity index (χ3v) is 5.60. The van der Waals surface area contributed by atoms with Crippen molar-refractivity contribution in [3.05, 3.63) is 58.1 Å². The van der Waals surface area contributed by atoms with E-state index in [2.05, 4.69) is 0 Å². The monoisotopic (exact) mass is 454 g/mol. The molecule has 0 spiro atoms. The molecule has 0 aliphatic carbocycles. The first-order chi connectivity index (χ1) is 14.7. The Labute approximate surface area is 185 Å². The van der Waals surface area contributed by atoms with E-state index in [4.69, 9.17) is 25.8 Å². The van der Waals surface area contributed by atoms with E-state index in [1.807, 2.05) is 24.3 Å². The zero-order chi connectivity index (χ0) is 22.7. The van der Waals surface area contributed by atoms with Crippen LogP contribution in [0, 0.1) is 0 Å². The van der Waals surface area contributed by atoms with Crippen LogP contribution in [0.4, 0.5) is 0 Å². The molecule has 170 valence electrons. The van der Waals surface area contributed by atoms with Crippen LogP contribution in [-0.4, -0.2) is 69.5 Å². The predicted octanol–water partition coefficient (Wildman–Crippen LogP) is 0.999. The molecule has 8 nitrogen and oxygen atoms in total. The number of rotatable bonds is 7. The Morgan fingerprint density at radius 2 is 1.71 bits per heavy atom. The third-order valence-electron chi connectivity index (χ3n) is 5.26. The number of hydrogen-bond donors (Lipinski definition) is 5. The summed E-state index contributed by atoms with van der Waals surface area (Å²) in [6.45, 7) is 1.11. The van der Waals surface area contributed by atoms with Gasteiger partial charge in [-0.25, -0.2) is 0 Å². The highest BCUT2D eigenvalue weighted by Crippen LogP contribution is 2.34. The van der Waals surface area contributed by atoms with Crippen LogP contribution in [0.2, 0.25) is 5.02 Å². The fraction of sp³-hybridized carbons (Fsp3) is 0.455. The Bertz CT molecular complexity index is 873. The molecule has 6 atom stereocenters. The second-order valence-electron chi connectivity index (χ2n) is 7.54. The van der Waals surface area contributed by atoms with E-state index in [9.17, 15) is 25.5 Å². The average Bonchev–Trinajstić information content (AvgIpc) is 2.76. The molecule has 31 heavy (non-hydrogen) atoms. The molecule has 5 N–H and O–H groups in total. The van der Waals surface area contributed by atoms with Crippen molar-refractivity contribution in [1.29, 1.82) is 0 Å². The van der Waals surface area contributed by atoms with Crippen LogP contribution in [0.3, 0.4) is 0 Å². The minimum Gasteiger partial charge on any atom is -0.497 e. The second-order valence-corrected chi connectivity index (χ2v) is 7.94. The number of ether oxygens (including phenoxy) is 3. The Balaban J connectivity index is 1.92. The van der Waals surface area contributed by atoms with Crippen LogP contribution in [-0.2, 0) is 17.8 Å². The SMILES string of the molecule is COc1ccc(Cc2c(Cl)cc(CO)cc2O[C@@H]2O[C@H]([C@H](C)O)[C@@H](O)[C@H](O)[C@H]2O)cc1. The van der Waals surface area contributed by atoms with Crippen LogP contribution >= 0.6 is 11.6 Å². The van der Waals surface area contributed by atoms with Gasteiger partial charge in [0.1, 0.15) is 35.9 Å². The van der Waals surface area contributed by atoms with Gasteiger partial charge in [-0.2, -0.15) is 0 Å². The Hall–Kier alpha value is -1.91. The van der Waals surface area contributed by atoms with Crippen molar-refractivity contribution in [2.24, 2.45) is 0 Å². The molecule has 2 aromatic rings. The van der Waals surface area contributed by atoms with E-state index in [0.29, 0.717) is 28.3 Å². The van der Waals surface area contributed by atoms with Crippen LogP contribution in [0.25, 0.3) is 0 Å². The van der Waals surface area contributed by atoms with Crippen molar-refractivity contribution >= 4 is 11.6 Å². The number of hydrogen-bond acceptors (Lipinski definition) is 8. The van der Waals surface area contributed by atoms with E-state index >= 15 is 0 Å². The highest BCUT2D eigenvalue weighted by atomic mass is 35.5. The Morgan fingerprint density at radius 3 is 2.29 bits per heavy atom. The number of benzene rings is 2. The lowest BCUT2D eigenvalue weighted by Crippen LogP contribution is -2.61. The largest absolute Gasteiger partial charge is 0.497 e. The molecule has 1 saturated heterocycles. The number of methoxy groups -OCH3 is 1. The van der Waals surface area contributed by atoms with Crippen LogP contribution in [0.15, 0.2) is 36.4 Å². The second kappa shape index (κ2) is 10.1. The summed E-state index contributed by atoms with van der Waals surface area (Å²) in [5, 5.41) is 50.4. The maximum atomic E-state index is 10.4. The van der Waals surface area contributed by atoms with E-state index in [0.717, 1.165) is 5.56 Å². The number of aliphatic hydroxyl groups is 5. The first kappa shape index (κ1) is 23.7.